The van der Waals surface area contributed by atoms with Crippen LogP contribution in [0.1, 0.15) is 6.92 Å². The lowest BCUT2D eigenvalue weighted by molar-refractivity contribution is -0.152. The molecule has 1 unspecified atom stereocenters. The van der Waals surface area contributed by atoms with Crippen molar-refractivity contribution in [1.29, 1.82) is 0 Å². The van der Waals surface area contributed by atoms with Crippen LogP contribution in [0.2, 0.25) is 0 Å². The number of aromatic nitrogens is 1. The molecule has 18 heavy (non-hydrogen) atoms. The van der Waals surface area contributed by atoms with Gasteiger partial charge < -0.3 is 15.0 Å². The van der Waals surface area contributed by atoms with E-state index < -0.39 is 17.4 Å². The predicted molar refractivity (Wildman–Crippen MR) is 67.3 cm³/mol. The van der Waals surface area contributed by atoms with Crippen LogP contribution in [-0.2, 0) is 15.1 Å². The summed E-state index contributed by atoms with van der Waals surface area (Å²) in [5.41, 5.74) is -0.941. The fraction of sp³-hybridized carbons (Fsp3) is 0.231. The summed E-state index contributed by atoms with van der Waals surface area (Å²) in [6.45, 7) is 1.39. The van der Waals surface area contributed by atoms with E-state index in [0.717, 1.165) is 5.39 Å². The van der Waals surface area contributed by atoms with Gasteiger partial charge in [0.25, 0.3) is 5.91 Å². The highest BCUT2D eigenvalue weighted by Gasteiger charge is 2.43. The largest absolute Gasteiger partial charge is 0.479 e. The predicted octanol–water partition coefficient (Wildman–Crippen LogP) is 1.19. The topological polar surface area (TPSA) is 71.3 Å². The van der Waals surface area contributed by atoms with Gasteiger partial charge in [-0.3, -0.25) is 4.79 Å². The third-order valence-corrected chi connectivity index (χ3v) is 3.17. The molecule has 0 aliphatic carbocycles. The SMILES string of the molecule is CNC(=O)C(C)(C(=O)O)n1ccc2ccccc21. The van der Waals surface area contributed by atoms with Gasteiger partial charge in [0.2, 0.25) is 5.54 Å². The maximum Gasteiger partial charge on any atom is 0.339 e. The fourth-order valence-electron chi connectivity index (χ4n) is 2.03. The fourth-order valence-corrected chi connectivity index (χ4v) is 2.03. The highest BCUT2D eigenvalue weighted by atomic mass is 16.4. The zero-order valence-electron chi connectivity index (χ0n) is 10.2. The van der Waals surface area contributed by atoms with Crippen molar-refractivity contribution in [2.45, 2.75) is 12.5 Å². The van der Waals surface area contributed by atoms with Crippen LogP contribution in [-0.4, -0.2) is 28.6 Å². The maximum absolute atomic E-state index is 11.9. The molecular formula is C13H14N2O3. The zero-order valence-corrected chi connectivity index (χ0v) is 10.2. The van der Waals surface area contributed by atoms with Crippen molar-refractivity contribution in [2.24, 2.45) is 0 Å². The second kappa shape index (κ2) is 4.18. The molecule has 1 aromatic heterocycles. The van der Waals surface area contributed by atoms with E-state index in [9.17, 15) is 14.7 Å². The molecule has 2 N–H and O–H groups in total. The lowest BCUT2D eigenvalue weighted by Gasteiger charge is -2.25. The Hall–Kier alpha value is -2.30. The van der Waals surface area contributed by atoms with Crippen LogP contribution >= 0.6 is 0 Å². The van der Waals surface area contributed by atoms with E-state index in [1.165, 1.54) is 18.5 Å². The lowest BCUT2D eigenvalue weighted by atomic mass is 10.0. The third kappa shape index (κ3) is 1.55. The zero-order chi connectivity index (χ0) is 13.3. The second-order valence-electron chi connectivity index (χ2n) is 4.20. The van der Waals surface area contributed by atoms with Crippen LogP contribution in [0, 0.1) is 0 Å². The molecule has 2 rings (SSSR count). The molecular weight excluding hydrogens is 232 g/mol. The molecule has 2 aromatic rings. The Morgan fingerprint density at radius 2 is 1.94 bits per heavy atom. The molecule has 1 heterocycles. The molecule has 94 valence electrons. The summed E-state index contributed by atoms with van der Waals surface area (Å²) in [6, 6.07) is 9.13. The molecule has 5 nitrogen and oxygen atoms in total. The Morgan fingerprint density at radius 3 is 2.56 bits per heavy atom. The van der Waals surface area contributed by atoms with Crippen molar-refractivity contribution in [3.05, 3.63) is 36.5 Å². The number of carboxylic acid groups (broad SMARTS) is 1. The van der Waals surface area contributed by atoms with Gasteiger partial charge in [0.05, 0.1) is 0 Å². The smallest absolute Gasteiger partial charge is 0.339 e. The van der Waals surface area contributed by atoms with Crippen molar-refractivity contribution in [2.75, 3.05) is 7.05 Å². The van der Waals surface area contributed by atoms with Gasteiger partial charge >= 0.3 is 5.97 Å². The third-order valence-electron chi connectivity index (χ3n) is 3.17. The summed E-state index contributed by atoms with van der Waals surface area (Å²) in [6.07, 6.45) is 1.62. The standard InChI is InChI=1S/C13H14N2O3/c1-13(12(17)18,11(16)14-2)15-8-7-9-5-3-4-6-10(9)15/h3-8H,1-2H3,(H,14,16)(H,17,18). The quantitative estimate of drug-likeness (QED) is 0.799. The van der Waals surface area contributed by atoms with Crippen LogP contribution in [0.25, 0.3) is 10.9 Å². The molecule has 0 bridgehead atoms. The summed E-state index contributed by atoms with van der Waals surface area (Å²) in [4.78, 5) is 23.4. The first-order chi connectivity index (χ1) is 8.51. The molecule has 0 spiro atoms. The molecule has 1 atom stereocenters. The number of likely N-dealkylation sites (N-methyl/N-ethyl adjacent to an activating group) is 1. The molecule has 5 heteroatoms. The Bertz CT molecular complexity index is 617. The number of aliphatic carboxylic acids is 1. The van der Waals surface area contributed by atoms with Gasteiger partial charge in [0.15, 0.2) is 0 Å². The monoisotopic (exact) mass is 246 g/mol. The van der Waals surface area contributed by atoms with Crippen molar-refractivity contribution < 1.29 is 14.7 Å². The average molecular weight is 246 g/mol. The van der Waals surface area contributed by atoms with Gasteiger partial charge in [-0.05, 0) is 24.4 Å². The van der Waals surface area contributed by atoms with Crippen molar-refractivity contribution in [1.82, 2.24) is 9.88 Å². The minimum Gasteiger partial charge on any atom is -0.479 e. The summed E-state index contributed by atoms with van der Waals surface area (Å²) in [5, 5.41) is 12.7. The van der Waals surface area contributed by atoms with E-state index >= 15 is 0 Å². The number of carbonyl (C=O) groups excluding carboxylic acids is 1. The van der Waals surface area contributed by atoms with Crippen molar-refractivity contribution in [3.8, 4) is 0 Å². The Labute approximate surface area is 104 Å². The number of carboxylic acids is 1. The number of para-hydroxylation sites is 1. The number of amides is 1. The van der Waals surface area contributed by atoms with Gasteiger partial charge in [-0.2, -0.15) is 0 Å². The van der Waals surface area contributed by atoms with Crippen LogP contribution in [0.4, 0.5) is 0 Å². The second-order valence-corrected chi connectivity index (χ2v) is 4.20. The molecule has 0 saturated heterocycles. The molecule has 0 radical (unpaired) electrons. The van der Waals surface area contributed by atoms with Crippen molar-refractivity contribution >= 4 is 22.8 Å². The Morgan fingerprint density at radius 1 is 1.28 bits per heavy atom. The van der Waals surface area contributed by atoms with Gasteiger partial charge in [0, 0.05) is 18.8 Å². The van der Waals surface area contributed by atoms with Crippen LogP contribution in [0.3, 0.4) is 0 Å². The van der Waals surface area contributed by atoms with Gasteiger partial charge in [-0.25, -0.2) is 4.79 Å². The number of hydrogen-bond donors (Lipinski definition) is 2. The number of carbonyl (C=O) groups is 2. The first-order valence-corrected chi connectivity index (χ1v) is 5.54. The van der Waals surface area contributed by atoms with Gasteiger partial charge in [0.1, 0.15) is 0 Å². The van der Waals surface area contributed by atoms with Crippen molar-refractivity contribution in [3.63, 3.8) is 0 Å². The molecule has 0 aliphatic rings. The highest BCUT2D eigenvalue weighted by molar-refractivity contribution is 6.05. The summed E-state index contributed by atoms with van der Waals surface area (Å²) < 4.78 is 1.48. The van der Waals surface area contributed by atoms with E-state index in [4.69, 9.17) is 0 Å². The average Bonchev–Trinajstić information content (AvgIpc) is 2.80. The maximum atomic E-state index is 11.9. The van der Waals surface area contributed by atoms with Crippen LogP contribution < -0.4 is 5.32 Å². The normalized spacial score (nSPS) is 14.1. The summed E-state index contributed by atoms with van der Waals surface area (Å²) in [7, 11) is 1.43. The Kier molecular flexibility index (Phi) is 2.82. The number of rotatable bonds is 3. The van der Waals surface area contributed by atoms with E-state index in [1.807, 2.05) is 18.2 Å². The van der Waals surface area contributed by atoms with E-state index in [-0.39, 0.29) is 0 Å². The molecule has 0 aliphatic heterocycles. The lowest BCUT2D eigenvalue weighted by Crippen LogP contribution is -2.51. The molecule has 0 saturated carbocycles. The number of benzene rings is 1. The Balaban J connectivity index is 2.70. The first-order valence-electron chi connectivity index (χ1n) is 5.54. The molecule has 1 amide bonds. The number of fused-ring (bicyclic) bond motifs is 1. The molecule has 1 aromatic carbocycles. The van der Waals surface area contributed by atoms with E-state index in [1.54, 1.807) is 18.3 Å². The highest BCUT2D eigenvalue weighted by Crippen LogP contribution is 2.25. The first kappa shape index (κ1) is 12.2. The van der Waals surface area contributed by atoms with Crippen LogP contribution in [0.5, 0.6) is 0 Å². The van der Waals surface area contributed by atoms with Gasteiger partial charge in [-0.15, -0.1) is 0 Å². The van der Waals surface area contributed by atoms with Crippen LogP contribution in [0.15, 0.2) is 36.5 Å². The summed E-state index contributed by atoms with van der Waals surface area (Å²) >= 11 is 0. The summed E-state index contributed by atoms with van der Waals surface area (Å²) in [5.74, 6) is -1.75. The number of nitrogens with one attached hydrogen (secondary N) is 1. The minimum absolute atomic E-state index is 0.559. The number of nitrogens with zero attached hydrogens (tertiary/aromatic N) is 1. The van der Waals surface area contributed by atoms with Gasteiger partial charge in [-0.1, -0.05) is 18.2 Å². The van der Waals surface area contributed by atoms with E-state index in [2.05, 4.69) is 5.32 Å². The molecule has 0 fully saturated rings. The van der Waals surface area contributed by atoms with E-state index in [0.29, 0.717) is 5.52 Å². The number of hydrogen-bond acceptors (Lipinski definition) is 2. The minimum atomic E-state index is -1.65.